The van der Waals surface area contributed by atoms with E-state index in [0.717, 1.165) is 45.2 Å². The normalized spacial score (nSPS) is 13.5. The predicted octanol–water partition coefficient (Wildman–Crippen LogP) is 6.29. The fourth-order valence-electron chi connectivity index (χ4n) is 8.81. The molecule has 51 heavy (non-hydrogen) atoms. The number of nitrogens with zero attached hydrogens (tertiary/aromatic N) is 4. The molecule has 1 N–H and O–H groups in total. The second-order valence-corrected chi connectivity index (χ2v) is 13.4. The Labute approximate surface area is 297 Å². The number of aromatic nitrogens is 2. The zero-order chi connectivity index (χ0) is 33.5. The molecule has 0 saturated carbocycles. The minimum atomic E-state index is 0.0342. The van der Waals surface area contributed by atoms with Crippen LogP contribution in [0.2, 0.25) is 0 Å². The second kappa shape index (κ2) is 11.0. The highest BCUT2D eigenvalue weighted by Gasteiger charge is 2.47. The van der Waals surface area contributed by atoms with Crippen LogP contribution in [-0.4, -0.2) is 23.4 Å². The maximum Gasteiger partial charge on any atom is 0.245 e. The number of rotatable bonds is 3. The van der Waals surface area contributed by atoms with Gasteiger partial charge in [0, 0.05) is 23.8 Å². The highest BCUT2D eigenvalue weighted by molar-refractivity contribution is 7.12. The molecular weight excluding hydrogens is 620 g/mol. The van der Waals surface area contributed by atoms with E-state index in [1.165, 1.54) is 44.2 Å². The van der Waals surface area contributed by atoms with Gasteiger partial charge in [-0.05, 0) is 59.5 Å². The third kappa shape index (κ3) is 4.06. The van der Waals surface area contributed by atoms with Gasteiger partial charge in [0.25, 0.3) is 0 Å². The third-order valence-corrected chi connectivity index (χ3v) is 10.8. The van der Waals surface area contributed by atoms with Gasteiger partial charge in [0.2, 0.25) is 13.4 Å². The first kappa shape index (κ1) is 28.3. The molecule has 3 aliphatic heterocycles. The molecule has 11 rings (SSSR count). The number of hydrogen-bond acceptors (Lipinski definition) is 5. The van der Waals surface area contributed by atoms with E-state index in [1.807, 2.05) is 6.07 Å². The smallest absolute Gasteiger partial charge is 0.245 e. The van der Waals surface area contributed by atoms with Crippen LogP contribution in [-0.2, 0) is 0 Å². The van der Waals surface area contributed by atoms with Gasteiger partial charge in [-0.2, -0.15) is 0 Å². The molecule has 4 heterocycles. The highest BCUT2D eigenvalue weighted by atomic mass is 15.2. The summed E-state index contributed by atoms with van der Waals surface area (Å²) in [7, 11) is 0. The van der Waals surface area contributed by atoms with E-state index in [4.69, 9.17) is 9.97 Å². The highest BCUT2D eigenvalue weighted by Crippen LogP contribution is 2.53. The Bertz CT molecular complexity index is 2650. The largest absolute Gasteiger partial charge is 0.350 e. The number of para-hydroxylation sites is 5. The molecule has 7 heteroatoms. The van der Waals surface area contributed by atoms with Crippen LogP contribution in [0.15, 0.2) is 170 Å². The van der Waals surface area contributed by atoms with E-state index in [2.05, 4.69) is 167 Å². The molecule has 0 amide bonds. The summed E-state index contributed by atoms with van der Waals surface area (Å²) in [4.78, 5) is 14.5. The lowest BCUT2D eigenvalue weighted by atomic mass is 9.20. The Morgan fingerprint density at radius 1 is 0.471 bits per heavy atom. The minimum absolute atomic E-state index is 0.0342. The van der Waals surface area contributed by atoms with Gasteiger partial charge < -0.3 is 15.1 Å². The SMILES string of the molecule is c1ccc(B2c3ccccc3B3c4ccccc4N(c4ccccc4)c4c5c(cc2c43)N(c2cccc3nccnc23)c2ccccc2N5)cc1. The second-order valence-electron chi connectivity index (χ2n) is 13.4. The summed E-state index contributed by atoms with van der Waals surface area (Å²) in [6.07, 6.45) is 3.56. The Kier molecular flexibility index (Phi) is 6.07. The Hall–Kier alpha value is -6.59. The lowest BCUT2D eigenvalue weighted by Crippen LogP contribution is -2.76. The summed E-state index contributed by atoms with van der Waals surface area (Å²) in [6, 6.07) is 57.2. The van der Waals surface area contributed by atoms with E-state index in [0.29, 0.717) is 0 Å². The molecule has 0 aliphatic carbocycles. The lowest BCUT2D eigenvalue weighted by molar-refractivity contribution is 1.22. The fraction of sp³-hybridized carbons (Fsp3) is 0. The summed E-state index contributed by atoms with van der Waals surface area (Å²) in [5, 5.41) is 4.00. The van der Waals surface area contributed by atoms with Crippen molar-refractivity contribution < 1.29 is 0 Å². The summed E-state index contributed by atoms with van der Waals surface area (Å²) >= 11 is 0. The zero-order valence-corrected chi connectivity index (χ0v) is 27.6. The standard InChI is InChI=1S/C44H29B2N5/c1-3-14-29(15-4-1)45-31-18-7-8-19-32(31)46-33-20-9-11-23-37(33)50(30-16-5-2-6-17-30)44-41(46)34(45)28-40-43(44)49-35-21-10-12-24-38(35)51(40)39-25-13-22-36-42(39)48-27-26-47-36/h1-28,49H. The molecule has 0 spiro atoms. The molecule has 236 valence electrons. The Morgan fingerprint density at radius 2 is 1.12 bits per heavy atom. The topological polar surface area (TPSA) is 44.3 Å². The molecule has 7 aromatic carbocycles. The molecule has 0 radical (unpaired) electrons. The number of benzene rings is 7. The van der Waals surface area contributed by atoms with E-state index < -0.39 is 0 Å². The van der Waals surface area contributed by atoms with E-state index in [1.54, 1.807) is 12.4 Å². The average Bonchev–Trinajstić information content (AvgIpc) is 3.20. The molecular formula is C44H29B2N5. The van der Waals surface area contributed by atoms with Crippen LogP contribution < -0.4 is 47.9 Å². The molecule has 8 aromatic rings. The number of hydrogen-bond donors (Lipinski definition) is 1. The van der Waals surface area contributed by atoms with Crippen molar-refractivity contribution in [2.24, 2.45) is 0 Å². The predicted molar refractivity (Wildman–Crippen MR) is 214 cm³/mol. The molecule has 0 bridgehead atoms. The summed E-state index contributed by atoms with van der Waals surface area (Å²) < 4.78 is 0. The molecule has 0 atom stereocenters. The molecule has 0 unspecified atom stereocenters. The van der Waals surface area contributed by atoms with E-state index in [9.17, 15) is 0 Å². The quantitative estimate of drug-likeness (QED) is 0.228. The average molecular weight is 649 g/mol. The maximum absolute atomic E-state index is 4.91. The van der Waals surface area contributed by atoms with Crippen LogP contribution in [0.5, 0.6) is 0 Å². The van der Waals surface area contributed by atoms with Gasteiger partial charge >= 0.3 is 0 Å². The van der Waals surface area contributed by atoms with Gasteiger partial charge in [-0.15, -0.1) is 0 Å². The Balaban J connectivity index is 1.32. The van der Waals surface area contributed by atoms with Crippen LogP contribution in [0.4, 0.5) is 45.5 Å². The van der Waals surface area contributed by atoms with Crippen molar-refractivity contribution in [1.82, 2.24) is 9.97 Å². The zero-order valence-electron chi connectivity index (χ0n) is 27.6. The van der Waals surface area contributed by atoms with Gasteiger partial charge in [0.15, 0.2) is 0 Å². The molecule has 0 fully saturated rings. The molecule has 0 saturated heterocycles. The third-order valence-electron chi connectivity index (χ3n) is 10.8. The number of fused-ring (bicyclic) bond motifs is 8. The van der Waals surface area contributed by atoms with Crippen molar-refractivity contribution in [2.75, 3.05) is 15.1 Å². The molecule has 5 nitrogen and oxygen atoms in total. The molecule has 3 aliphatic rings. The summed E-state index contributed by atoms with van der Waals surface area (Å²) in [5.41, 5.74) is 18.4. The van der Waals surface area contributed by atoms with E-state index >= 15 is 0 Å². The van der Waals surface area contributed by atoms with Crippen LogP contribution in [0, 0.1) is 0 Å². The van der Waals surface area contributed by atoms with Crippen molar-refractivity contribution in [3.63, 3.8) is 0 Å². The summed E-state index contributed by atoms with van der Waals surface area (Å²) in [6.45, 7) is 0.0929. The fourth-order valence-corrected chi connectivity index (χ4v) is 8.81. The van der Waals surface area contributed by atoms with Gasteiger partial charge in [0.1, 0.15) is 5.52 Å². The first-order chi connectivity index (χ1) is 25.3. The van der Waals surface area contributed by atoms with Crippen LogP contribution in [0.1, 0.15) is 0 Å². The number of anilines is 8. The maximum atomic E-state index is 4.91. The Morgan fingerprint density at radius 3 is 1.94 bits per heavy atom. The van der Waals surface area contributed by atoms with Crippen LogP contribution >= 0.6 is 0 Å². The van der Waals surface area contributed by atoms with Crippen molar-refractivity contribution in [1.29, 1.82) is 0 Å². The minimum Gasteiger partial charge on any atom is -0.350 e. The van der Waals surface area contributed by atoms with Gasteiger partial charge in [0.05, 0.1) is 39.6 Å². The van der Waals surface area contributed by atoms with Crippen molar-refractivity contribution in [3.05, 3.63) is 170 Å². The van der Waals surface area contributed by atoms with Crippen molar-refractivity contribution in [2.45, 2.75) is 0 Å². The number of nitrogens with one attached hydrogen (secondary N) is 1. The van der Waals surface area contributed by atoms with Gasteiger partial charge in [-0.1, -0.05) is 131 Å². The molecule has 1 aromatic heterocycles. The first-order valence-corrected chi connectivity index (χ1v) is 17.5. The van der Waals surface area contributed by atoms with E-state index in [-0.39, 0.29) is 13.4 Å². The van der Waals surface area contributed by atoms with Crippen LogP contribution in [0.3, 0.4) is 0 Å². The van der Waals surface area contributed by atoms with Crippen molar-refractivity contribution in [3.8, 4) is 0 Å². The first-order valence-electron chi connectivity index (χ1n) is 17.5. The van der Waals surface area contributed by atoms with Crippen LogP contribution in [0.25, 0.3) is 11.0 Å². The lowest BCUT2D eigenvalue weighted by Gasteiger charge is -2.46. The monoisotopic (exact) mass is 649 g/mol. The van der Waals surface area contributed by atoms with Crippen molar-refractivity contribution >= 4 is 103 Å². The summed E-state index contributed by atoms with van der Waals surface area (Å²) in [5.74, 6) is 0. The van der Waals surface area contributed by atoms with Gasteiger partial charge in [-0.3, -0.25) is 9.97 Å². The van der Waals surface area contributed by atoms with Gasteiger partial charge in [-0.25, -0.2) is 0 Å².